The first-order valence-electron chi connectivity index (χ1n) is 15.6. The number of aryl methyl sites for hydroxylation is 1. The molecule has 1 fully saturated rings. The van der Waals surface area contributed by atoms with E-state index < -0.39 is 76.8 Å². The number of carbonyl (C=O) groups excluding carboxylic acids is 2. The lowest BCUT2D eigenvalue weighted by Crippen LogP contribution is -2.39. The molecule has 0 radical (unpaired) electrons. The number of aromatic nitrogens is 1. The lowest BCUT2D eigenvalue weighted by atomic mass is 9.82. The Kier molecular flexibility index (Phi) is 9.54. The number of ether oxygens (including phenoxy) is 3. The zero-order valence-corrected chi connectivity index (χ0v) is 27.8. The Morgan fingerprint density at radius 2 is 1.65 bits per heavy atom. The predicted molar refractivity (Wildman–Crippen MR) is 168 cm³/mol. The Balaban J connectivity index is 1.28. The molecule has 1 aliphatic heterocycles. The molecule has 0 spiro atoms. The molecular formula is C34H31F6N3O7S. The molecule has 6 rings (SSSR count). The number of pyridine rings is 1. The summed E-state index contributed by atoms with van der Waals surface area (Å²) in [6, 6.07) is 12.6. The van der Waals surface area contributed by atoms with Crippen molar-refractivity contribution in [2.24, 2.45) is 0 Å². The van der Waals surface area contributed by atoms with Crippen LogP contribution in [0.15, 0.2) is 66.4 Å². The van der Waals surface area contributed by atoms with Crippen molar-refractivity contribution in [3.05, 3.63) is 99.9 Å². The van der Waals surface area contributed by atoms with Gasteiger partial charge in [-0.2, -0.15) is 26.3 Å². The minimum absolute atomic E-state index is 0.0564. The number of sulfonamides is 1. The molecule has 3 unspecified atom stereocenters. The number of methoxy groups -OCH3 is 1. The van der Waals surface area contributed by atoms with Crippen LogP contribution < -0.4 is 14.8 Å². The van der Waals surface area contributed by atoms with E-state index in [0.717, 1.165) is 0 Å². The van der Waals surface area contributed by atoms with Crippen molar-refractivity contribution in [1.29, 1.82) is 0 Å². The first kappa shape index (κ1) is 36.5. The second-order valence-electron chi connectivity index (χ2n) is 12.5. The minimum atomic E-state index is -4.79. The van der Waals surface area contributed by atoms with E-state index >= 15 is 0 Å². The van der Waals surface area contributed by atoms with Crippen molar-refractivity contribution >= 4 is 27.3 Å². The van der Waals surface area contributed by atoms with Gasteiger partial charge >= 0.3 is 12.4 Å². The van der Waals surface area contributed by atoms with Gasteiger partial charge in [-0.25, -0.2) is 8.42 Å². The van der Waals surface area contributed by atoms with Crippen LogP contribution in [-0.2, 0) is 40.3 Å². The van der Waals surface area contributed by atoms with Crippen LogP contribution in [0.3, 0.4) is 0 Å². The van der Waals surface area contributed by atoms with Crippen molar-refractivity contribution in [1.82, 2.24) is 15.0 Å². The molecule has 1 aromatic heterocycles. The summed E-state index contributed by atoms with van der Waals surface area (Å²) in [5.74, 6) is -1.79. The van der Waals surface area contributed by atoms with Gasteiger partial charge in [-0.3, -0.25) is 24.6 Å². The first-order chi connectivity index (χ1) is 23.9. The number of nitrogens with zero attached hydrogens (tertiary/aromatic N) is 1. The maximum Gasteiger partial charge on any atom is 0.411 e. The van der Waals surface area contributed by atoms with Crippen LogP contribution in [0.2, 0.25) is 0 Å². The van der Waals surface area contributed by atoms with Crippen molar-refractivity contribution in [3.8, 4) is 5.75 Å². The van der Waals surface area contributed by atoms with Crippen LogP contribution in [-0.4, -0.2) is 64.0 Å². The molecular weight excluding hydrogens is 708 g/mol. The number of hydrogen-bond acceptors (Lipinski definition) is 9. The van der Waals surface area contributed by atoms with E-state index in [2.05, 4.69) is 15.0 Å². The van der Waals surface area contributed by atoms with Gasteiger partial charge in [0.25, 0.3) is 0 Å². The summed E-state index contributed by atoms with van der Waals surface area (Å²) in [4.78, 5) is 31.3. The summed E-state index contributed by atoms with van der Waals surface area (Å²) < 4.78 is 123. The average Bonchev–Trinajstić information content (AvgIpc) is 3.77. The van der Waals surface area contributed by atoms with Gasteiger partial charge in [-0.05, 0) is 48.6 Å². The van der Waals surface area contributed by atoms with Crippen LogP contribution in [0, 0.1) is 6.92 Å². The highest BCUT2D eigenvalue weighted by molar-refractivity contribution is 7.89. The number of halogens is 6. The summed E-state index contributed by atoms with van der Waals surface area (Å²) in [5.41, 5.74) is 0.0467. The fraction of sp³-hybridized carbons (Fsp3) is 0.382. The van der Waals surface area contributed by atoms with Crippen molar-refractivity contribution in [2.45, 2.75) is 61.7 Å². The molecule has 10 nitrogen and oxygen atoms in total. The number of ketones is 1. The first-order valence-corrected chi connectivity index (χ1v) is 17.2. The quantitative estimate of drug-likeness (QED) is 0.252. The van der Waals surface area contributed by atoms with E-state index in [9.17, 15) is 44.3 Å². The second kappa shape index (κ2) is 13.3. The molecule has 2 aliphatic carbocycles. The molecule has 0 saturated heterocycles. The number of alkyl halides is 6. The van der Waals surface area contributed by atoms with E-state index in [1.807, 2.05) is 0 Å². The fourth-order valence-electron chi connectivity index (χ4n) is 6.61. The number of hydrogen-bond donors (Lipinski definition) is 2. The Bertz CT molecular complexity index is 2010. The lowest BCUT2D eigenvalue weighted by molar-refractivity contribution is -0.187. The van der Waals surface area contributed by atoms with Crippen molar-refractivity contribution in [2.75, 3.05) is 20.3 Å². The van der Waals surface area contributed by atoms with Gasteiger partial charge in [-0.1, -0.05) is 42.5 Å². The summed E-state index contributed by atoms with van der Waals surface area (Å²) in [6.45, 7) is -1.92. The highest BCUT2D eigenvalue weighted by Gasteiger charge is 2.54. The highest BCUT2D eigenvalue weighted by Crippen LogP contribution is 2.52. The molecule has 17 heteroatoms. The van der Waals surface area contributed by atoms with Gasteiger partial charge in [0.1, 0.15) is 31.3 Å². The van der Waals surface area contributed by atoms with Gasteiger partial charge < -0.3 is 14.2 Å². The standard InChI is InChI=1S/C34H31F6N3O7S/c1-18-14-19(15-51(46,47)43-31(45)32(11-12-32)22-7-3-4-8-23(22)48-2)9-10-20(18)27-24-25(30(42-27)50-17-34(38,39)40)26-21(6-5-13-41-26)29(28(24)44)49-16-33(35,36)37/h3-10,13-14,27,29-30,42H,11-12,15-17H2,1-2H3,(H,43,45). The number of para-hydroxylation sites is 1. The number of amides is 1. The third-order valence-electron chi connectivity index (χ3n) is 8.92. The van der Waals surface area contributed by atoms with Gasteiger partial charge in [0.05, 0.1) is 30.0 Å². The van der Waals surface area contributed by atoms with Crippen molar-refractivity contribution in [3.63, 3.8) is 0 Å². The highest BCUT2D eigenvalue weighted by atomic mass is 32.2. The fourth-order valence-corrected chi connectivity index (χ4v) is 7.77. The smallest absolute Gasteiger partial charge is 0.411 e. The van der Waals surface area contributed by atoms with E-state index in [1.54, 1.807) is 31.2 Å². The van der Waals surface area contributed by atoms with Crippen LogP contribution in [0.1, 0.15) is 58.5 Å². The largest absolute Gasteiger partial charge is 0.496 e. The van der Waals surface area contributed by atoms with Gasteiger partial charge in [0.2, 0.25) is 15.9 Å². The summed E-state index contributed by atoms with van der Waals surface area (Å²) in [5, 5.41) is 2.85. The SMILES string of the molecule is COc1ccccc1C1(C(=O)NS(=O)(=O)Cc2ccc(C3NC(OCC(F)(F)F)C4=C3C(=O)C(OCC(F)(F)F)c3cccnc34)c(C)c2)CC1. The molecule has 3 aromatic rings. The van der Waals surface area contributed by atoms with Crippen molar-refractivity contribution < 1.29 is 58.6 Å². The Morgan fingerprint density at radius 3 is 2.29 bits per heavy atom. The molecule has 1 amide bonds. The number of fused-ring (bicyclic) bond motifs is 2. The zero-order valence-electron chi connectivity index (χ0n) is 27.0. The zero-order chi connectivity index (χ0) is 36.9. The third kappa shape index (κ3) is 7.52. The van der Waals surface area contributed by atoms with E-state index in [-0.39, 0.29) is 28.0 Å². The Labute approximate surface area is 288 Å². The van der Waals surface area contributed by atoms with E-state index in [1.165, 1.54) is 43.6 Å². The Morgan fingerprint density at radius 1 is 0.961 bits per heavy atom. The number of rotatable bonds is 11. The molecule has 2 aromatic carbocycles. The van der Waals surface area contributed by atoms with Crippen LogP contribution >= 0.6 is 0 Å². The lowest BCUT2D eigenvalue weighted by Gasteiger charge is -2.28. The molecule has 2 N–H and O–H groups in total. The van der Waals surface area contributed by atoms with Crippen LogP contribution in [0.5, 0.6) is 5.75 Å². The maximum atomic E-state index is 13.9. The topological polar surface area (TPSA) is 133 Å². The summed E-state index contributed by atoms with van der Waals surface area (Å²) in [7, 11) is -2.78. The average molecular weight is 740 g/mol. The maximum absolute atomic E-state index is 13.9. The Hall–Kier alpha value is -4.32. The van der Waals surface area contributed by atoms with Gasteiger partial charge in [0.15, 0.2) is 5.78 Å². The number of Topliss-reactive ketones (excluding diaryl/α,β-unsaturated/α-hetero) is 1. The summed E-state index contributed by atoms with van der Waals surface area (Å²) in [6.07, 6.45) is -10.7. The van der Waals surface area contributed by atoms with Gasteiger partial charge in [-0.15, -0.1) is 0 Å². The third-order valence-corrected chi connectivity index (χ3v) is 10.1. The predicted octanol–water partition coefficient (Wildman–Crippen LogP) is 5.28. The molecule has 0 bridgehead atoms. The number of carbonyl (C=O) groups is 2. The normalized spacial score (nSPS) is 21.3. The van der Waals surface area contributed by atoms with E-state index in [4.69, 9.17) is 14.2 Å². The second-order valence-corrected chi connectivity index (χ2v) is 14.2. The monoisotopic (exact) mass is 739 g/mol. The number of benzene rings is 2. The van der Waals surface area contributed by atoms with Crippen LogP contribution in [0.4, 0.5) is 26.3 Å². The summed E-state index contributed by atoms with van der Waals surface area (Å²) >= 11 is 0. The van der Waals surface area contributed by atoms with Crippen LogP contribution in [0.25, 0.3) is 5.57 Å². The number of nitrogens with one attached hydrogen (secondary N) is 2. The van der Waals surface area contributed by atoms with Gasteiger partial charge in [0, 0.05) is 28.5 Å². The molecule has 3 atom stereocenters. The molecule has 272 valence electrons. The molecule has 3 aliphatic rings. The molecule has 2 heterocycles. The molecule has 1 saturated carbocycles. The molecule has 51 heavy (non-hydrogen) atoms. The minimum Gasteiger partial charge on any atom is -0.496 e. The van der Waals surface area contributed by atoms with E-state index in [0.29, 0.717) is 35.3 Å².